The lowest BCUT2D eigenvalue weighted by molar-refractivity contribution is 0.812. The molecule has 18 heavy (non-hydrogen) atoms. The van der Waals surface area contributed by atoms with Crippen molar-refractivity contribution in [3.05, 3.63) is 40.7 Å². The normalized spacial score (nSPS) is 10.9. The number of benzene rings is 1. The third kappa shape index (κ3) is 2.62. The van der Waals surface area contributed by atoms with Gasteiger partial charge in [0.2, 0.25) is 0 Å². The van der Waals surface area contributed by atoms with Crippen molar-refractivity contribution in [1.29, 1.82) is 0 Å². The van der Waals surface area contributed by atoms with Gasteiger partial charge in [-0.2, -0.15) is 0 Å². The summed E-state index contributed by atoms with van der Waals surface area (Å²) in [4.78, 5) is 9.01. The minimum atomic E-state index is 0.370. The van der Waals surface area contributed by atoms with Gasteiger partial charge in [0, 0.05) is 17.0 Å². The number of rotatable bonds is 2. The maximum Gasteiger partial charge on any atom is 0.159 e. The predicted molar refractivity (Wildman–Crippen MR) is 75.7 cm³/mol. The van der Waals surface area contributed by atoms with Gasteiger partial charge in [-0.1, -0.05) is 25.4 Å². The molecule has 0 aliphatic heterocycles. The maximum atomic E-state index is 5.92. The molecule has 94 valence electrons. The highest BCUT2D eigenvalue weighted by atomic mass is 35.5. The number of anilines is 1. The van der Waals surface area contributed by atoms with Gasteiger partial charge in [-0.25, -0.2) is 9.97 Å². The van der Waals surface area contributed by atoms with Crippen molar-refractivity contribution < 1.29 is 0 Å². The molecule has 2 aromatic rings. The monoisotopic (exact) mass is 261 g/mol. The van der Waals surface area contributed by atoms with Gasteiger partial charge in [0.15, 0.2) is 5.82 Å². The molecule has 1 heterocycles. The zero-order valence-corrected chi connectivity index (χ0v) is 11.5. The van der Waals surface area contributed by atoms with E-state index in [0.29, 0.717) is 22.5 Å². The third-order valence-corrected chi connectivity index (χ3v) is 3.06. The molecule has 0 aliphatic carbocycles. The molecule has 0 radical (unpaired) electrons. The van der Waals surface area contributed by atoms with Crippen LogP contribution >= 0.6 is 11.6 Å². The molecular formula is C14H16ClN3. The lowest BCUT2D eigenvalue weighted by Gasteiger charge is -2.09. The Bertz CT molecular complexity index is 579. The van der Waals surface area contributed by atoms with Gasteiger partial charge in [-0.3, -0.25) is 0 Å². The molecule has 1 aromatic carbocycles. The van der Waals surface area contributed by atoms with Crippen LogP contribution in [-0.4, -0.2) is 9.97 Å². The Hall–Kier alpha value is -1.61. The van der Waals surface area contributed by atoms with Crippen LogP contribution in [0.2, 0.25) is 5.02 Å². The van der Waals surface area contributed by atoms with Crippen LogP contribution in [-0.2, 0) is 0 Å². The first kappa shape index (κ1) is 12.8. The van der Waals surface area contributed by atoms with Crippen molar-refractivity contribution in [3.63, 3.8) is 0 Å². The highest BCUT2D eigenvalue weighted by molar-refractivity contribution is 6.33. The van der Waals surface area contributed by atoms with Crippen LogP contribution in [0.5, 0.6) is 0 Å². The maximum absolute atomic E-state index is 5.92. The summed E-state index contributed by atoms with van der Waals surface area (Å²) < 4.78 is 0. The van der Waals surface area contributed by atoms with E-state index in [9.17, 15) is 0 Å². The van der Waals surface area contributed by atoms with E-state index in [0.717, 1.165) is 17.0 Å². The molecule has 4 heteroatoms. The predicted octanol–water partition coefficient (Wildman–Crippen LogP) is 3.81. The zero-order valence-electron chi connectivity index (χ0n) is 10.7. The number of nitrogens with two attached hydrogens (primary N) is 1. The Labute approximate surface area is 112 Å². The van der Waals surface area contributed by atoms with Crippen LogP contribution in [0.15, 0.2) is 24.3 Å². The largest absolute Gasteiger partial charge is 0.398 e. The van der Waals surface area contributed by atoms with Crippen LogP contribution in [0.25, 0.3) is 11.4 Å². The van der Waals surface area contributed by atoms with Gasteiger partial charge in [0.25, 0.3) is 0 Å². The van der Waals surface area contributed by atoms with E-state index in [1.54, 1.807) is 12.1 Å². The molecule has 0 bridgehead atoms. The van der Waals surface area contributed by atoms with Crippen molar-refractivity contribution >= 4 is 17.3 Å². The van der Waals surface area contributed by atoms with Gasteiger partial charge in [0.1, 0.15) is 0 Å². The molecule has 2 rings (SSSR count). The summed E-state index contributed by atoms with van der Waals surface area (Å²) in [6, 6.07) is 7.47. The second-order valence-electron chi connectivity index (χ2n) is 4.65. The van der Waals surface area contributed by atoms with Crippen LogP contribution in [0.1, 0.15) is 31.2 Å². The highest BCUT2D eigenvalue weighted by Gasteiger charge is 2.08. The van der Waals surface area contributed by atoms with Crippen molar-refractivity contribution in [2.75, 3.05) is 5.73 Å². The smallest absolute Gasteiger partial charge is 0.159 e. The van der Waals surface area contributed by atoms with Crippen molar-refractivity contribution in [3.8, 4) is 11.4 Å². The average Bonchev–Trinajstić information content (AvgIpc) is 2.31. The fourth-order valence-corrected chi connectivity index (χ4v) is 1.82. The summed E-state index contributed by atoms with van der Waals surface area (Å²) in [6.07, 6.45) is 0. The van der Waals surface area contributed by atoms with E-state index in [4.69, 9.17) is 17.3 Å². The minimum absolute atomic E-state index is 0.370. The van der Waals surface area contributed by atoms with E-state index in [2.05, 4.69) is 23.8 Å². The quantitative estimate of drug-likeness (QED) is 0.837. The van der Waals surface area contributed by atoms with E-state index < -0.39 is 0 Å². The number of aromatic nitrogens is 2. The van der Waals surface area contributed by atoms with Crippen LogP contribution in [0.4, 0.5) is 5.69 Å². The number of hydrogen-bond acceptors (Lipinski definition) is 3. The molecule has 0 saturated carbocycles. The van der Waals surface area contributed by atoms with Gasteiger partial charge in [-0.05, 0) is 37.1 Å². The van der Waals surface area contributed by atoms with E-state index in [-0.39, 0.29) is 0 Å². The van der Waals surface area contributed by atoms with Crippen LogP contribution < -0.4 is 5.73 Å². The molecule has 0 spiro atoms. The lowest BCUT2D eigenvalue weighted by Crippen LogP contribution is -2.00. The number of aryl methyl sites for hydroxylation is 1. The first-order valence-corrected chi connectivity index (χ1v) is 6.26. The van der Waals surface area contributed by atoms with Crippen molar-refractivity contribution in [1.82, 2.24) is 9.97 Å². The summed E-state index contributed by atoms with van der Waals surface area (Å²) >= 11 is 5.92. The zero-order chi connectivity index (χ0) is 13.3. The second-order valence-corrected chi connectivity index (χ2v) is 5.06. The Kier molecular flexibility index (Phi) is 3.53. The standard InChI is InChI=1S/C14H16ClN3/c1-8(2)13-6-9(3)17-14(18-13)10-4-5-11(15)12(16)7-10/h4-8H,16H2,1-3H3. The van der Waals surface area contributed by atoms with Crippen molar-refractivity contribution in [2.45, 2.75) is 26.7 Å². The van der Waals surface area contributed by atoms with E-state index in [1.165, 1.54) is 0 Å². The molecule has 1 aromatic heterocycles. The number of hydrogen-bond donors (Lipinski definition) is 1. The van der Waals surface area contributed by atoms with Gasteiger partial charge in [-0.15, -0.1) is 0 Å². The van der Waals surface area contributed by atoms with Gasteiger partial charge >= 0.3 is 0 Å². The number of halogens is 1. The Morgan fingerprint density at radius 3 is 2.50 bits per heavy atom. The molecule has 0 saturated heterocycles. The Morgan fingerprint density at radius 1 is 1.17 bits per heavy atom. The first-order valence-electron chi connectivity index (χ1n) is 5.88. The molecular weight excluding hydrogens is 246 g/mol. The summed E-state index contributed by atoms with van der Waals surface area (Å²) in [7, 11) is 0. The van der Waals surface area contributed by atoms with E-state index >= 15 is 0 Å². The first-order chi connectivity index (χ1) is 8.47. The SMILES string of the molecule is Cc1cc(C(C)C)nc(-c2ccc(Cl)c(N)c2)n1. The highest BCUT2D eigenvalue weighted by Crippen LogP contribution is 2.25. The minimum Gasteiger partial charge on any atom is -0.398 e. The second kappa shape index (κ2) is 4.94. The van der Waals surface area contributed by atoms with Crippen LogP contribution in [0, 0.1) is 6.92 Å². The van der Waals surface area contributed by atoms with Gasteiger partial charge < -0.3 is 5.73 Å². The topological polar surface area (TPSA) is 51.8 Å². The fourth-order valence-electron chi connectivity index (χ4n) is 1.70. The average molecular weight is 262 g/mol. The Morgan fingerprint density at radius 2 is 1.89 bits per heavy atom. The number of nitrogens with zero attached hydrogens (tertiary/aromatic N) is 2. The van der Waals surface area contributed by atoms with Crippen LogP contribution in [0.3, 0.4) is 0 Å². The molecule has 0 amide bonds. The summed E-state index contributed by atoms with van der Waals surface area (Å²) in [5, 5.41) is 0.551. The number of nitrogen functional groups attached to an aromatic ring is 1. The molecule has 0 unspecified atom stereocenters. The third-order valence-electron chi connectivity index (χ3n) is 2.72. The molecule has 0 atom stereocenters. The summed E-state index contributed by atoms with van der Waals surface area (Å²) in [6.45, 7) is 6.19. The summed E-state index contributed by atoms with van der Waals surface area (Å²) in [5.41, 5.74) is 9.23. The fraction of sp³-hybridized carbons (Fsp3) is 0.286. The lowest BCUT2D eigenvalue weighted by atomic mass is 10.1. The molecule has 0 fully saturated rings. The van der Waals surface area contributed by atoms with Crippen molar-refractivity contribution in [2.24, 2.45) is 0 Å². The molecule has 2 N–H and O–H groups in total. The summed E-state index contributed by atoms with van der Waals surface area (Å²) in [5.74, 6) is 1.07. The van der Waals surface area contributed by atoms with Gasteiger partial charge in [0.05, 0.1) is 10.7 Å². The molecule has 0 aliphatic rings. The molecule has 3 nitrogen and oxygen atoms in total. The van der Waals surface area contributed by atoms with E-state index in [1.807, 2.05) is 19.1 Å². The Balaban J connectivity index is 2.53.